The summed E-state index contributed by atoms with van der Waals surface area (Å²) in [6.07, 6.45) is 0.288. The topological polar surface area (TPSA) is 59.6 Å². The summed E-state index contributed by atoms with van der Waals surface area (Å²) in [5, 5.41) is 10.9. The fourth-order valence-electron chi connectivity index (χ4n) is 2.97. The van der Waals surface area contributed by atoms with E-state index in [4.69, 9.17) is 0 Å². The van der Waals surface area contributed by atoms with Crippen LogP contribution in [0, 0.1) is 0 Å². The zero-order chi connectivity index (χ0) is 25.6. The van der Waals surface area contributed by atoms with Gasteiger partial charge < -0.3 is 20.1 Å². The molecule has 0 radical (unpaired) electrons. The summed E-state index contributed by atoms with van der Waals surface area (Å²) < 4.78 is 0. The van der Waals surface area contributed by atoms with Gasteiger partial charge in [0.1, 0.15) is 16.5 Å². The average Bonchev–Trinajstić information content (AvgIpc) is 2.57. The Balaban J connectivity index is 5.03. The Hall–Kier alpha value is 0.451. The molecule has 4 N–H and O–H groups in total. The summed E-state index contributed by atoms with van der Waals surface area (Å²) >= 11 is 0. The lowest BCUT2D eigenvalue weighted by Gasteiger charge is -2.40. The first-order chi connectivity index (χ1) is 14.1. The van der Waals surface area contributed by atoms with Crippen LogP contribution in [0.4, 0.5) is 0 Å². The largest absolute Gasteiger partial charge is 0.398 e. The van der Waals surface area contributed by atoms with E-state index >= 15 is 0 Å². The maximum atomic E-state index is 10.1. The zero-order valence-electron chi connectivity index (χ0n) is 24.3. The predicted octanol–water partition coefficient (Wildman–Crippen LogP) is 4.97. The van der Waals surface area contributed by atoms with Gasteiger partial charge in [-0.2, -0.15) is 0 Å². The summed E-state index contributed by atoms with van der Waals surface area (Å²) in [5.74, 6) is 0. The predicted molar refractivity (Wildman–Crippen MR) is 153 cm³/mol. The van der Waals surface area contributed by atoms with Crippen molar-refractivity contribution in [2.24, 2.45) is 0 Å². The van der Waals surface area contributed by atoms with E-state index in [0.29, 0.717) is 10.1 Å². The van der Waals surface area contributed by atoms with Gasteiger partial charge in [0.2, 0.25) is 0 Å². The number of aliphatic hydroxyl groups excluding tert-OH is 1. The monoisotopic (exact) mass is 504 g/mol. The minimum absolute atomic E-state index is 0.139. The third kappa shape index (κ3) is 9.98. The standard InChI is InChI=1S/C24H60N4OSi3/c1-22(2,3)30(10,11)25-15-18-28(19-16-26-31(12,13)23(4,5)6)20-17-27-32(14,21-29)24(7,8)9/h25-27,29H,15-21H2,1-14H3/t32-/m1/s1. The summed E-state index contributed by atoms with van der Waals surface area (Å²) in [6, 6.07) is 0. The lowest BCUT2D eigenvalue weighted by molar-refractivity contribution is 0.283. The Morgan fingerprint density at radius 1 is 0.562 bits per heavy atom. The number of hydrogen-bond acceptors (Lipinski definition) is 5. The molecule has 0 unspecified atom stereocenters. The van der Waals surface area contributed by atoms with Gasteiger partial charge >= 0.3 is 0 Å². The van der Waals surface area contributed by atoms with E-state index in [1.807, 2.05) is 0 Å². The molecule has 5 nitrogen and oxygen atoms in total. The van der Waals surface area contributed by atoms with E-state index in [0.717, 1.165) is 39.3 Å². The molecule has 0 heterocycles. The quantitative estimate of drug-likeness (QED) is 0.267. The summed E-state index contributed by atoms with van der Waals surface area (Å²) in [5.41, 5.74) is 0. The highest BCUT2D eigenvalue weighted by molar-refractivity contribution is 6.79. The molecular weight excluding hydrogens is 445 g/mol. The van der Waals surface area contributed by atoms with Gasteiger partial charge in [-0.05, 0) is 15.1 Å². The second kappa shape index (κ2) is 11.9. The van der Waals surface area contributed by atoms with Crippen LogP contribution in [-0.4, -0.2) is 80.2 Å². The van der Waals surface area contributed by atoms with Crippen molar-refractivity contribution in [1.29, 1.82) is 0 Å². The molecule has 194 valence electrons. The van der Waals surface area contributed by atoms with Gasteiger partial charge in [0.25, 0.3) is 0 Å². The van der Waals surface area contributed by atoms with Gasteiger partial charge in [-0.1, -0.05) is 95.0 Å². The highest BCUT2D eigenvalue weighted by Gasteiger charge is 2.39. The van der Waals surface area contributed by atoms with Gasteiger partial charge in [-0.3, -0.25) is 4.90 Å². The van der Waals surface area contributed by atoms with Crippen molar-refractivity contribution in [3.8, 4) is 0 Å². The fourth-order valence-corrected chi connectivity index (χ4v) is 7.28. The molecule has 0 aliphatic heterocycles. The maximum Gasteiger partial charge on any atom is 0.154 e. The summed E-state index contributed by atoms with van der Waals surface area (Å²) in [7, 11) is -4.86. The van der Waals surface area contributed by atoms with Crippen molar-refractivity contribution in [3.05, 3.63) is 0 Å². The third-order valence-corrected chi connectivity index (χ3v) is 23.4. The van der Waals surface area contributed by atoms with E-state index in [1.165, 1.54) is 0 Å². The second-order valence-electron chi connectivity index (χ2n) is 14.1. The van der Waals surface area contributed by atoms with Crippen molar-refractivity contribution < 1.29 is 5.11 Å². The van der Waals surface area contributed by atoms with E-state index in [2.05, 4.69) is 115 Å². The fraction of sp³-hybridized carbons (Fsp3) is 1.00. The van der Waals surface area contributed by atoms with Crippen LogP contribution in [0.15, 0.2) is 0 Å². The normalized spacial score (nSPS) is 16.5. The van der Waals surface area contributed by atoms with Gasteiger partial charge in [0.15, 0.2) is 8.24 Å². The van der Waals surface area contributed by atoms with E-state index in [1.54, 1.807) is 0 Å². The molecular formula is C24H60N4OSi3. The molecule has 0 saturated heterocycles. The number of hydrogen-bond donors (Lipinski definition) is 4. The SMILES string of the molecule is CC(C)(C)[Si](C)(C)NCCN(CCN[Si](C)(C)C(C)(C)C)CCN[Si@](C)(CO)C(C)(C)C. The van der Waals surface area contributed by atoms with Gasteiger partial charge in [-0.25, -0.2) is 0 Å². The molecule has 0 rings (SSSR count). The lowest BCUT2D eigenvalue weighted by atomic mass is 10.2. The molecule has 0 aromatic heterocycles. The van der Waals surface area contributed by atoms with Crippen LogP contribution < -0.4 is 14.9 Å². The minimum Gasteiger partial charge on any atom is -0.398 e. The minimum atomic E-state index is -1.90. The molecule has 0 aliphatic carbocycles. The smallest absolute Gasteiger partial charge is 0.154 e. The third-order valence-electron chi connectivity index (χ3n) is 8.65. The van der Waals surface area contributed by atoms with Gasteiger partial charge in [0.05, 0.1) is 6.23 Å². The second-order valence-corrected chi connectivity index (χ2v) is 29.2. The molecule has 32 heavy (non-hydrogen) atoms. The molecule has 0 saturated carbocycles. The van der Waals surface area contributed by atoms with E-state index in [-0.39, 0.29) is 11.3 Å². The first-order valence-electron chi connectivity index (χ1n) is 12.7. The number of aliphatic hydroxyl groups is 1. The van der Waals surface area contributed by atoms with Gasteiger partial charge in [-0.15, -0.1) is 0 Å². The number of rotatable bonds is 13. The molecule has 0 aliphatic rings. The Morgan fingerprint density at radius 2 is 0.875 bits per heavy atom. The van der Waals surface area contributed by atoms with Crippen LogP contribution in [0.5, 0.6) is 0 Å². The molecule has 0 amide bonds. The zero-order valence-corrected chi connectivity index (χ0v) is 27.3. The average molecular weight is 505 g/mol. The lowest BCUT2D eigenvalue weighted by Crippen LogP contribution is -2.60. The molecule has 1 atom stereocenters. The molecule has 0 bridgehead atoms. The first-order valence-corrected chi connectivity index (χ1v) is 21.4. The Kier molecular flexibility index (Phi) is 12.1. The Labute approximate surface area is 205 Å². The number of nitrogens with zero attached hydrogens (tertiary/aromatic N) is 1. The van der Waals surface area contributed by atoms with Crippen LogP contribution in [0.2, 0.25) is 47.8 Å². The van der Waals surface area contributed by atoms with E-state index in [9.17, 15) is 5.11 Å². The Morgan fingerprint density at radius 3 is 1.12 bits per heavy atom. The summed E-state index contributed by atoms with van der Waals surface area (Å²) in [4.78, 5) is 14.3. The molecule has 0 fully saturated rings. The molecule has 0 spiro atoms. The van der Waals surface area contributed by atoms with Crippen molar-refractivity contribution in [1.82, 2.24) is 19.8 Å². The first kappa shape index (κ1) is 32.5. The number of nitrogens with one attached hydrogen (secondary N) is 3. The van der Waals surface area contributed by atoms with Crippen LogP contribution in [0.1, 0.15) is 62.3 Å². The molecule has 0 aromatic rings. The van der Waals surface area contributed by atoms with Crippen molar-refractivity contribution in [2.45, 2.75) is 110 Å². The van der Waals surface area contributed by atoms with Crippen LogP contribution >= 0.6 is 0 Å². The van der Waals surface area contributed by atoms with E-state index < -0.39 is 24.7 Å². The maximum absolute atomic E-state index is 10.1. The summed E-state index contributed by atoms with van der Waals surface area (Å²) in [6.45, 7) is 39.2. The highest BCUT2D eigenvalue weighted by atomic mass is 28.3. The molecule has 0 aromatic carbocycles. The van der Waals surface area contributed by atoms with Crippen LogP contribution in [0.3, 0.4) is 0 Å². The van der Waals surface area contributed by atoms with Crippen molar-refractivity contribution in [3.63, 3.8) is 0 Å². The van der Waals surface area contributed by atoms with Gasteiger partial charge in [0, 0.05) is 39.3 Å². The highest BCUT2D eigenvalue weighted by Crippen LogP contribution is 2.35. The molecule has 8 heteroatoms. The Bertz CT molecular complexity index is 519. The van der Waals surface area contributed by atoms with Crippen LogP contribution in [0.25, 0.3) is 0 Å². The van der Waals surface area contributed by atoms with Crippen molar-refractivity contribution in [2.75, 3.05) is 45.5 Å². The van der Waals surface area contributed by atoms with Crippen LogP contribution in [-0.2, 0) is 0 Å². The van der Waals surface area contributed by atoms with Crippen molar-refractivity contribution >= 4 is 24.7 Å².